The summed E-state index contributed by atoms with van der Waals surface area (Å²) in [5, 5.41) is 9.55. The van der Waals surface area contributed by atoms with E-state index in [0.717, 1.165) is 31.2 Å². The highest BCUT2D eigenvalue weighted by molar-refractivity contribution is 5.99. The van der Waals surface area contributed by atoms with Crippen LogP contribution in [-0.4, -0.2) is 39.6 Å². The van der Waals surface area contributed by atoms with E-state index in [9.17, 15) is 19.2 Å². The van der Waals surface area contributed by atoms with E-state index in [2.05, 4.69) is 15.7 Å². The smallest absolute Gasteiger partial charge is 0.437 e. The number of nitrogens with one attached hydrogen (secondary N) is 2. The fourth-order valence-electron chi connectivity index (χ4n) is 4.69. The second kappa shape index (κ2) is 13.9. The van der Waals surface area contributed by atoms with Crippen molar-refractivity contribution in [2.75, 3.05) is 0 Å². The number of alkyl carbamates (subject to hydrolysis) is 1. The van der Waals surface area contributed by atoms with Crippen LogP contribution in [0.3, 0.4) is 0 Å². The molecule has 0 radical (unpaired) electrons. The van der Waals surface area contributed by atoms with Gasteiger partial charge in [-0.3, -0.25) is 9.59 Å². The molecule has 0 aliphatic heterocycles. The Bertz CT molecular complexity index is 1120. The van der Waals surface area contributed by atoms with Crippen LogP contribution in [0, 0.1) is 17.8 Å². The van der Waals surface area contributed by atoms with Crippen LogP contribution in [0.1, 0.15) is 82.5 Å². The second-order valence-electron chi connectivity index (χ2n) is 10.9. The van der Waals surface area contributed by atoms with Crippen LogP contribution in [0.15, 0.2) is 39.5 Å². The summed E-state index contributed by atoms with van der Waals surface area (Å²) in [6.45, 7) is 8.19. The van der Waals surface area contributed by atoms with Gasteiger partial charge in [0.25, 0.3) is 5.89 Å². The summed E-state index contributed by atoms with van der Waals surface area (Å²) in [7, 11) is 0. The molecular weight excluding hydrogens is 488 g/mol. The van der Waals surface area contributed by atoms with E-state index in [4.69, 9.17) is 9.15 Å². The van der Waals surface area contributed by atoms with Gasteiger partial charge in [-0.1, -0.05) is 70.9 Å². The first-order valence-electron chi connectivity index (χ1n) is 13.5. The maximum absolute atomic E-state index is 13.3. The fraction of sp³-hybridized carbons (Fsp3) is 0.607. The van der Waals surface area contributed by atoms with Gasteiger partial charge in [0.2, 0.25) is 11.7 Å². The molecule has 1 heterocycles. The van der Waals surface area contributed by atoms with E-state index < -0.39 is 35.6 Å². The van der Waals surface area contributed by atoms with Gasteiger partial charge < -0.3 is 19.8 Å². The summed E-state index contributed by atoms with van der Waals surface area (Å²) in [5.41, 5.74) is 0.823. The monoisotopic (exact) mass is 528 g/mol. The van der Waals surface area contributed by atoms with Gasteiger partial charge in [0.05, 0.1) is 12.6 Å². The first kappa shape index (κ1) is 29.1. The van der Waals surface area contributed by atoms with Crippen molar-refractivity contribution in [3.63, 3.8) is 0 Å². The quantitative estimate of drug-likeness (QED) is 0.374. The lowest BCUT2D eigenvalue weighted by Crippen LogP contribution is -2.52. The first-order chi connectivity index (χ1) is 18.1. The molecule has 2 aromatic rings. The number of amides is 2. The summed E-state index contributed by atoms with van der Waals surface area (Å²) in [5.74, 6) is -1.57. The Labute approximate surface area is 223 Å². The third kappa shape index (κ3) is 8.85. The number of carbonyl (C=O) groups is 3. The summed E-state index contributed by atoms with van der Waals surface area (Å²) in [6.07, 6.45) is 4.22. The third-order valence-electron chi connectivity index (χ3n) is 6.59. The summed E-state index contributed by atoms with van der Waals surface area (Å²) in [4.78, 5) is 51.4. The Morgan fingerprint density at radius 3 is 2.26 bits per heavy atom. The average Bonchev–Trinajstić information content (AvgIpc) is 3.51. The Morgan fingerprint density at radius 2 is 1.63 bits per heavy atom. The Balaban J connectivity index is 1.68. The zero-order chi connectivity index (χ0) is 27.7. The van der Waals surface area contributed by atoms with Crippen molar-refractivity contribution in [1.82, 2.24) is 20.4 Å². The van der Waals surface area contributed by atoms with Crippen LogP contribution < -0.4 is 16.4 Å². The molecule has 10 nitrogen and oxygen atoms in total. The van der Waals surface area contributed by atoms with Crippen molar-refractivity contribution in [2.45, 2.75) is 91.5 Å². The molecule has 1 aromatic heterocycles. The highest BCUT2D eigenvalue weighted by Gasteiger charge is 2.32. The van der Waals surface area contributed by atoms with Gasteiger partial charge in [-0.25, -0.2) is 9.59 Å². The summed E-state index contributed by atoms with van der Waals surface area (Å²) < 4.78 is 11.7. The van der Waals surface area contributed by atoms with Crippen LogP contribution in [0.25, 0.3) is 0 Å². The van der Waals surface area contributed by atoms with E-state index in [1.807, 2.05) is 58.0 Å². The van der Waals surface area contributed by atoms with Crippen LogP contribution in [-0.2, 0) is 22.7 Å². The Kier molecular flexibility index (Phi) is 10.7. The van der Waals surface area contributed by atoms with Gasteiger partial charge in [-0.2, -0.15) is 4.68 Å². The van der Waals surface area contributed by atoms with Crippen molar-refractivity contribution < 1.29 is 23.5 Å². The normalized spacial score (nSPS) is 15.4. The molecule has 1 fully saturated rings. The summed E-state index contributed by atoms with van der Waals surface area (Å²) in [6, 6.07) is 7.36. The molecular formula is C28H40N4O6. The zero-order valence-corrected chi connectivity index (χ0v) is 22.8. The predicted molar refractivity (Wildman–Crippen MR) is 141 cm³/mol. The second-order valence-corrected chi connectivity index (χ2v) is 10.9. The number of hydrogen-bond acceptors (Lipinski definition) is 7. The molecule has 208 valence electrons. The van der Waals surface area contributed by atoms with Crippen LogP contribution >= 0.6 is 0 Å². The van der Waals surface area contributed by atoms with Crippen LogP contribution in [0.5, 0.6) is 0 Å². The van der Waals surface area contributed by atoms with Crippen molar-refractivity contribution in [3.05, 3.63) is 52.3 Å². The number of benzene rings is 1. The minimum absolute atomic E-state index is 0.0592. The third-order valence-corrected chi connectivity index (χ3v) is 6.59. The van der Waals surface area contributed by atoms with Gasteiger partial charge in [-0.05, 0) is 49.0 Å². The van der Waals surface area contributed by atoms with Crippen LogP contribution in [0.4, 0.5) is 4.79 Å². The number of ketones is 1. The van der Waals surface area contributed by atoms with Gasteiger partial charge in [0.1, 0.15) is 12.6 Å². The van der Waals surface area contributed by atoms with Crippen molar-refractivity contribution in [3.8, 4) is 0 Å². The molecule has 1 aliphatic carbocycles. The summed E-state index contributed by atoms with van der Waals surface area (Å²) >= 11 is 0. The molecule has 38 heavy (non-hydrogen) atoms. The lowest BCUT2D eigenvalue weighted by Gasteiger charge is -2.24. The van der Waals surface area contributed by atoms with Crippen molar-refractivity contribution in [2.24, 2.45) is 17.8 Å². The highest BCUT2D eigenvalue weighted by atomic mass is 16.5. The van der Waals surface area contributed by atoms with Gasteiger partial charge in [0, 0.05) is 0 Å². The van der Waals surface area contributed by atoms with Crippen molar-refractivity contribution in [1.29, 1.82) is 0 Å². The number of rotatable bonds is 13. The standard InChI is InChI=1S/C28H40N4O6/c1-18(2)14-22(24(33)26-31-32(28(36)38-26)16-20-10-8-9-11-20)29-25(34)23(15-19(3)4)30-27(35)37-17-21-12-6-5-7-13-21/h5-7,12-13,18-20,22-23H,8-11,14-17H2,1-4H3,(H,29,34)(H,30,35)/t22-,23-/m0/s1. The molecule has 10 heteroatoms. The van der Waals surface area contributed by atoms with Gasteiger partial charge in [0.15, 0.2) is 0 Å². The number of ether oxygens (including phenoxy) is 1. The first-order valence-corrected chi connectivity index (χ1v) is 13.5. The molecule has 0 bridgehead atoms. The zero-order valence-electron chi connectivity index (χ0n) is 22.8. The molecule has 2 atom stereocenters. The van der Waals surface area contributed by atoms with E-state index in [1.165, 1.54) is 4.68 Å². The molecule has 2 amide bonds. The molecule has 1 aliphatic rings. The minimum atomic E-state index is -0.961. The number of hydrogen-bond donors (Lipinski definition) is 2. The molecule has 0 unspecified atom stereocenters. The van der Waals surface area contributed by atoms with Gasteiger partial charge >= 0.3 is 11.8 Å². The van der Waals surface area contributed by atoms with E-state index in [1.54, 1.807) is 0 Å². The lowest BCUT2D eigenvalue weighted by molar-refractivity contribution is -0.124. The number of aromatic nitrogens is 2. The van der Waals surface area contributed by atoms with E-state index >= 15 is 0 Å². The predicted octanol–water partition coefficient (Wildman–Crippen LogP) is 4.08. The Morgan fingerprint density at radius 1 is 1.00 bits per heavy atom. The van der Waals surface area contributed by atoms with Crippen LogP contribution in [0.2, 0.25) is 0 Å². The molecule has 0 saturated heterocycles. The minimum Gasteiger partial charge on any atom is -0.445 e. The Hall–Kier alpha value is -3.43. The lowest BCUT2D eigenvalue weighted by atomic mass is 9.98. The molecule has 1 aromatic carbocycles. The molecule has 0 spiro atoms. The number of Topliss-reactive ketones (excluding diaryl/α,β-unsaturated/α-hetero) is 1. The largest absolute Gasteiger partial charge is 0.445 e. The fourth-order valence-corrected chi connectivity index (χ4v) is 4.69. The van der Waals surface area contributed by atoms with E-state index in [0.29, 0.717) is 25.3 Å². The average molecular weight is 529 g/mol. The SMILES string of the molecule is CC(C)C[C@H](NC(=O)OCc1ccccc1)C(=O)N[C@@H](CC(C)C)C(=O)c1nn(CC2CCCC2)c(=O)o1. The molecule has 2 N–H and O–H groups in total. The maximum atomic E-state index is 13.3. The molecule has 3 rings (SSSR count). The number of nitrogens with zero attached hydrogens (tertiary/aromatic N) is 2. The van der Waals surface area contributed by atoms with Crippen molar-refractivity contribution >= 4 is 17.8 Å². The molecule has 1 saturated carbocycles. The van der Waals surface area contributed by atoms with E-state index in [-0.39, 0.29) is 24.3 Å². The number of carbonyl (C=O) groups excluding carboxylic acids is 3. The highest BCUT2D eigenvalue weighted by Crippen LogP contribution is 2.25. The topological polar surface area (TPSA) is 133 Å². The maximum Gasteiger partial charge on any atom is 0.437 e. The van der Waals surface area contributed by atoms with Gasteiger partial charge in [-0.15, -0.1) is 5.10 Å².